The zero-order valence-corrected chi connectivity index (χ0v) is 17.2. The third kappa shape index (κ3) is 6.03. The standard InChI is InChI=1S/C23H24ClN3O2/c1-2-17-3-7-19(8-4-17)21-11-12-23(29)27(26-21)16-14-22(28)25-15-13-18-5-9-20(24)10-6-18/h3-12H,2,13-16H2,1H3,(H,25,28). The summed E-state index contributed by atoms with van der Waals surface area (Å²) in [6, 6.07) is 18.9. The van der Waals surface area contributed by atoms with Crippen molar-refractivity contribution in [1.82, 2.24) is 15.1 Å². The monoisotopic (exact) mass is 409 g/mol. The molecule has 0 spiro atoms. The fraction of sp³-hybridized carbons (Fsp3) is 0.261. The maximum absolute atomic E-state index is 12.1. The predicted molar refractivity (Wildman–Crippen MR) is 116 cm³/mol. The average Bonchev–Trinajstić information content (AvgIpc) is 2.74. The Morgan fingerprint density at radius 1 is 1.00 bits per heavy atom. The summed E-state index contributed by atoms with van der Waals surface area (Å²) in [5, 5.41) is 7.99. The van der Waals surface area contributed by atoms with Crippen LogP contribution in [0.4, 0.5) is 0 Å². The van der Waals surface area contributed by atoms with Crippen LogP contribution in [-0.2, 0) is 24.2 Å². The van der Waals surface area contributed by atoms with Gasteiger partial charge in [0.05, 0.1) is 12.2 Å². The molecule has 1 aromatic heterocycles. The number of aromatic nitrogens is 2. The second-order valence-corrected chi connectivity index (χ2v) is 7.24. The third-order valence-electron chi connectivity index (χ3n) is 4.72. The Morgan fingerprint density at radius 3 is 2.38 bits per heavy atom. The van der Waals surface area contributed by atoms with Crippen LogP contribution in [0.15, 0.2) is 65.5 Å². The van der Waals surface area contributed by atoms with Crippen molar-refractivity contribution in [2.24, 2.45) is 0 Å². The first-order chi connectivity index (χ1) is 14.0. The molecule has 0 aliphatic heterocycles. The highest BCUT2D eigenvalue weighted by atomic mass is 35.5. The Balaban J connectivity index is 1.54. The molecular formula is C23H24ClN3O2. The van der Waals surface area contributed by atoms with Gasteiger partial charge in [0, 0.05) is 29.6 Å². The summed E-state index contributed by atoms with van der Waals surface area (Å²) >= 11 is 5.87. The van der Waals surface area contributed by atoms with Gasteiger partial charge in [0.2, 0.25) is 5.91 Å². The fourth-order valence-corrected chi connectivity index (χ4v) is 3.09. The molecule has 0 atom stereocenters. The lowest BCUT2D eigenvalue weighted by atomic mass is 10.1. The van der Waals surface area contributed by atoms with E-state index in [1.165, 1.54) is 16.3 Å². The lowest BCUT2D eigenvalue weighted by molar-refractivity contribution is -0.121. The number of nitrogens with one attached hydrogen (secondary N) is 1. The van der Waals surface area contributed by atoms with Crippen molar-refractivity contribution in [3.05, 3.63) is 87.2 Å². The van der Waals surface area contributed by atoms with E-state index < -0.39 is 0 Å². The molecule has 0 aliphatic carbocycles. The molecule has 0 saturated carbocycles. The Hall–Kier alpha value is -2.92. The van der Waals surface area contributed by atoms with Gasteiger partial charge in [-0.2, -0.15) is 5.10 Å². The van der Waals surface area contributed by atoms with Crippen molar-refractivity contribution in [3.8, 4) is 11.3 Å². The van der Waals surface area contributed by atoms with E-state index in [9.17, 15) is 9.59 Å². The fourth-order valence-electron chi connectivity index (χ4n) is 2.97. The second kappa shape index (κ2) is 10.0. The first kappa shape index (κ1) is 20.8. The van der Waals surface area contributed by atoms with Crippen LogP contribution in [0, 0.1) is 0 Å². The molecule has 2 aromatic carbocycles. The van der Waals surface area contributed by atoms with Crippen molar-refractivity contribution in [1.29, 1.82) is 0 Å². The van der Waals surface area contributed by atoms with Crippen molar-refractivity contribution in [2.45, 2.75) is 32.7 Å². The number of amides is 1. The molecule has 5 nitrogen and oxygen atoms in total. The summed E-state index contributed by atoms with van der Waals surface area (Å²) in [6.07, 6.45) is 1.90. The largest absolute Gasteiger partial charge is 0.356 e. The molecule has 0 fully saturated rings. The Morgan fingerprint density at radius 2 is 1.69 bits per heavy atom. The number of hydrogen-bond acceptors (Lipinski definition) is 3. The van der Waals surface area contributed by atoms with Gasteiger partial charge in [-0.25, -0.2) is 4.68 Å². The molecule has 0 aliphatic rings. The van der Waals surface area contributed by atoms with Crippen molar-refractivity contribution < 1.29 is 4.79 Å². The molecule has 1 N–H and O–H groups in total. The van der Waals surface area contributed by atoms with Gasteiger partial charge in [-0.1, -0.05) is 54.9 Å². The normalized spacial score (nSPS) is 10.7. The molecular weight excluding hydrogens is 386 g/mol. The van der Waals surface area contributed by atoms with Gasteiger partial charge in [0.25, 0.3) is 5.56 Å². The van der Waals surface area contributed by atoms with Crippen LogP contribution in [0.1, 0.15) is 24.5 Å². The summed E-state index contributed by atoms with van der Waals surface area (Å²) in [7, 11) is 0. The number of benzene rings is 2. The van der Waals surface area contributed by atoms with Crippen LogP contribution in [0.5, 0.6) is 0 Å². The van der Waals surface area contributed by atoms with E-state index in [4.69, 9.17) is 11.6 Å². The molecule has 0 saturated heterocycles. The number of carbonyl (C=O) groups is 1. The van der Waals surface area contributed by atoms with Gasteiger partial charge in [-0.3, -0.25) is 9.59 Å². The van der Waals surface area contributed by atoms with Gasteiger partial charge in [0.15, 0.2) is 0 Å². The number of halogens is 1. The van der Waals surface area contributed by atoms with Crippen LogP contribution in [0.2, 0.25) is 5.02 Å². The average molecular weight is 410 g/mol. The molecule has 6 heteroatoms. The first-order valence-corrected chi connectivity index (χ1v) is 10.1. The quantitative estimate of drug-likeness (QED) is 0.614. The smallest absolute Gasteiger partial charge is 0.266 e. The Kier molecular flexibility index (Phi) is 7.19. The van der Waals surface area contributed by atoms with E-state index in [2.05, 4.69) is 29.5 Å². The molecule has 29 heavy (non-hydrogen) atoms. The third-order valence-corrected chi connectivity index (χ3v) is 4.98. The number of aryl methyl sites for hydroxylation is 2. The van der Waals surface area contributed by atoms with Crippen LogP contribution in [0.3, 0.4) is 0 Å². The number of nitrogens with zero attached hydrogens (tertiary/aromatic N) is 2. The topological polar surface area (TPSA) is 64.0 Å². The molecule has 0 bridgehead atoms. The van der Waals surface area contributed by atoms with Crippen LogP contribution < -0.4 is 10.9 Å². The highest BCUT2D eigenvalue weighted by Crippen LogP contribution is 2.16. The van der Waals surface area contributed by atoms with E-state index in [0.29, 0.717) is 11.6 Å². The minimum atomic E-state index is -0.215. The number of hydrogen-bond donors (Lipinski definition) is 1. The second-order valence-electron chi connectivity index (χ2n) is 6.81. The highest BCUT2D eigenvalue weighted by molar-refractivity contribution is 6.30. The van der Waals surface area contributed by atoms with Crippen LogP contribution in [0.25, 0.3) is 11.3 Å². The van der Waals surface area contributed by atoms with E-state index in [1.54, 1.807) is 6.07 Å². The van der Waals surface area contributed by atoms with Crippen molar-refractivity contribution in [2.75, 3.05) is 6.54 Å². The molecule has 3 rings (SSSR count). The summed E-state index contributed by atoms with van der Waals surface area (Å²) in [5.41, 5.74) is 3.80. The zero-order chi connectivity index (χ0) is 20.6. The van der Waals surface area contributed by atoms with Gasteiger partial charge < -0.3 is 5.32 Å². The maximum Gasteiger partial charge on any atom is 0.266 e. The lowest BCUT2D eigenvalue weighted by Crippen LogP contribution is -2.29. The molecule has 1 heterocycles. The molecule has 0 unspecified atom stereocenters. The van der Waals surface area contributed by atoms with E-state index >= 15 is 0 Å². The van der Waals surface area contributed by atoms with Gasteiger partial charge >= 0.3 is 0 Å². The Labute approximate surface area is 175 Å². The van der Waals surface area contributed by atoms with Gasteiger partial charge in [-0.05, 0) is 42.2 Å². The van der Waals surface area contributed by atoms with Gasteiger partial charge in [0.1, 0.15) is 0 Å². The summed E-state index contributed by atoms with van der Waals surface area (Å²) in [4.78, 5) is 24.2. The summed E-state index contributed by atoms with van der Waals surface area (Å²) in [5.74, 6) is -0.106. The van der Waals surface area contributed by atoms with E-state index in [1.807, 2.05) is 36.4 Å². The summed E-state index contributed by atoms with van der Waals surface area (Å²) < 4.78 is 1.35. The molecule has 0 radical (unpaired) electrons. The van der Waals surface area contributed by atoms with Crippen LogP contribution in [-0.4, -0.2) is 22.2 Å². The first-order valence-electron chi connectivity index (χ1n) is 9.74. The zero-order valence-electron chi connectivity index (χ0n) is 16.4. The molecule has 3 aromatic rings. The number of rotatable bonds is 8. The minimum Gasteiger partial charge on any atom is -0.356 e. The van der Waals surface area contributed by atoms with Gasteiger partial charge in [-0.15, -0.1) is 0 Å². The minimum absolute atomic E-state index is 0.106. The number of carbonyl (C=O) groups excluding carboxylic acids is 1. The van der Waals surface area contributed by atoms with Crippen molar-refractivity contribution in [3.63, 3.8) is 0 Å². The molecule has 150 valence electrons. The highest BCUT2D eigenvalue weighted by Gasteiger charge is 2.07. The SMILES string of the molecule is CCc1ccc(-c2ccc(=O)n(CCC(=O)NCCc3ccc(Cl)cc3)n2)cc1. The van der Waals surface area contributed by atoms with Crippen molar-refractivity contribution >= 4 is 17.5 Å². The van der Waals surface area contributed by atoms with Crippen LogP contribution >= 0.6 is 11.6 Å². The van der Waals surface area contributed by atoms with E-state index in [-0.39, 0.29) is 24.4 Å². The summed E-state index contributed by atoms with van der Waals surface area (Å²) in [6.45, 7) is 2.88. The maximum atomic E-state index is 12.1. The van der Waals surface area contributed by atoms with E-state index in [0.717, 1.165) is 29.7 Å². The molecule has 1 amide bonds. The Bertz CT molecular complexity index is 1010. The predicted octanol–water partition coefficient (Wildman–Crippen LogP) is 3.88. The lowest BCUT2D eigenvalue weighted by Gasteiger charge is -2.09.